The van der Waals surface area contributed by atoms with Crippen LogP contribution >= 0.6 is 0 Å². The van der Waals surface area contributed by atoms with Crippen LogP contribution in [0.3, 0.4) is 0 Å². The Morgan fingerprint density at radius 1 is 1.06 bits per heavy atom. The SMILES string of the molecule is COC1CN(C2CCOC(C)C2O)CCO1.COc1cccc2c1C(=O)c1c(O)c3c(c(O)c1C2=O)CC(C(=O)NCc1nc(N)cn1C)CC3. The van der Waals surface area contributed by atoms with Crippen LogP contribution in [-0.4, -0.2) is 112 Å². The minimum Gasteiger partial charge on any atom is -0.507 e. The number of carbonyl (C=O) groups is 3. The molecule has 0 spiro atoms. The van der Waals surface area contributed by atoms with Gasteiger partial charge in [-0.15, -0.1) is 0 Å². The van der Waals surface area contributed by atoms with E-state index in [9.17, 15) is 29.7 Å². The molecular weight excluding hydrogens is 662 g/mol. The zero-order valence-electron chi connectivity index (χ0n) is 29.2. The molecule has 15 heteroatoms. The average molecular weight is 708 g/mol. The molecule has 2 fully saturated rings. The number of amides is 1. The topological polar surface area (TPSA) is 208 Å². The summed E-state index contributed by atoms with van der Waals surface area (Å²) >= 11 is 0. The number of phenolic OH excluding ortho intramolecular Hbond substituents is 2. The molecule has 1 amide bonds. The first-order valence-corrected chi connectivity index (χ1v) is 17.0. The molecule has 3 heterocycles. The van der Waals surface area contributed by atoms with Crippen LogP contribution in [0.15, 0.2) is 24.4 Å². The van der Waals surface area contributed by atoms with Gasteiger partial charge >= 0.3 is 0 Å². The maximum absolute atomic E-state index is 13.3. The first kappa shape index (κ1) is 36.3. The predicted molar refractivity (Wildman–Crippen MR) is 183 cm³/mol. The van der Waals surface area contributed by atoms with Gasteiger partial charge in [-0.2, -0.15) is 0 Å². The highest BCUT2D eigenvalue weighted by Gasteiger charge is 2.41. The highest BCUT2D eigenvalue weighted by molar-refractivity contribution is 6.31. The number of morpholine rings is 1. The van der Waals surface area contributed by atoms with E-state index in [0.717, 1.165) is 26.1 Å². The fourth-order valence-corrected chi connectivity index (χ4v) is 7.47. The van der Waals surface area contributed by atoms with Gasteiger partial charge in [-0.25, -0.2) is 4.98 Å². The number of hydrogen-bond acceptors (Lipinski definition) is 13. The van der Waals surface area contributed by atoms with Gasteiger partial charge in [-0.3, -0.25) is 19.3 Å². The molecule has 2 aliphatic heterocycles. The number of nitrogens with two attached hydrogens (primary N) is 1. The smallest absolute Gasteiger partial charge is 0.223 e. The number of imidazole rings is 1. The summed E-state index contributed by atoms with van der Waals surface area (Å²) in [5.41, 5.74) is 6.05. The van der Waals surface area contributed by atoms with Crippen LogP contribution in [0.1, 0.15) is 68.6 Å². The molecule has 51 heavy (non-hydrogen) atoms. The number of aliphatic hydroxyl groups excluding tert-OH is 1. The third-order valence-corrected chi connectivity index (χ3v) is 10.3. The highest BCUT2D eigenvalue weighted by atomic mass is 16.7. The molecule has 5 unspecified atom stereocenters. The van der Waals surface area contributed by atoms with E-state index in [0.29, 0.717) is 35.8 Å². The van der Waals surface area contributed by atoms with Gasteiger partial charge < -0.3 is 49.9 Å². The number of aromatic hydroxyl groups is 2. The van der Waals surface area contributed by atoms with Gasteiger partial charge in [0.25, 0.3) is 0 Å². The van der Waals surface area contributed by atoms with Crippen molar-refractivity contribution >= 4 is 23.3 Å². The maximum Gasteiger partial charge on any atom is 0.223 e. The molecule has 274 valence electrons. The largest absolute Gasteiger partial charge is 0.507 e. The number of benzene rings is 2. The summed E-state index contributed by atoms with van der Waals surface area (Å²) in [7, 11) is 4.82. The molecule has 0 saturated carbocycles. The zero-order valence-corrected chi connectivity index (χ0v) is 29.2. The summed E-state index contributed by atoms with van der Waals surface area (Å²) in [5.74, 6) is -1.43. The number of nitrogens with zero attached hydrogens (tertiary/aromatic N) is 3. The lowest BCUT2D eigenvalue weighted by Gasteiger charge is -2.43. The summed E-state index contributed by atoms with van der Waals surface area (Å²) in [6.45, 7) is 5.07. The van der Waals surface area contributed by atoms with Crippen molar-refractivity contribution in [3.05, 3.63) is 63.6 Å². The molecule has 15 nitrogen and oxygen atoms in total. The molecule has 5 atom stereocenters. The van der Waals surface area contributed by atoms with Crippen molar-refractivity contribution in [2.45, 2.75) is 63.7 Å². The zero-order chi connectivity index (χ0) is 36.6. The third kappa shape index (κ3) is 6.91. The number of hydrogen-bond donors (Lipinski definition) is 5. The van der Waals surface area contributed by atoms with E-state index in [1.807, 2.05) is 6.92 Å². The number of aryl methyl sites for hydroxylation is 1. The Morgan fingerprint density at radius 3 is 2.51 bits per heavy atom. The van der Waals surface area contributed by atoms with Crippen LogP contribution in [0.25, 0.3) is 0 Å². The van der Waals surface area contributed by atoms with Crippen molar-refractivity contribution in [3.63, 3.8) is 0 Å². The van der Waals surface area contributed by atoms with E-state index in [1.54, 1.807) is 37.1 Å². The number of ether oxygens (including phenoxy) is 4. The molecule has 4 aliphatic rings. The lowest BCUT2D eigenvalue weighted by Crippen LogP contribution is -2.57. The van der Waals surface area contributed by atoms with Crippen LogP contribution < -0.4 is 15.8 Å². The summed E-state index contributed by atoms with van der Waals surface area (Å²) in [6.07, 6.45) is 2.63. The van der Waals surface area contributed by atoms with E-state index < -0.39 is 23.6 Å². The number of aliphatic hydroxyl groups is 1. The molecule has 3 aromatic rings. The number of fused-ring (bicyclic) bond motifs is 3. The number of carbonyl (C=O) groups excluding carboxylic acids is 3. The molecular formula is C36H45N5O10. The molecule has 1 aromatic heterocycles. The molecule has 7 rings (SSSR count). The minimum absolute atomic E-state index is 0.0603. The van der Waals surface area contributed by atoms with E-state index >= 15 is 0 Å². The van der Waals surface area contributed by atoms with Crippen molar-refractivity contribution in [2.75, 3.05) is 46.3 Å². The van der Waals surface area contributed by atoms with Gasteiger partial charge in [0.15, 0.2) is 12.1 Å². The van der Waals surface area contributed by atoms with E-state index in [4.69, 9.17) is 24.7 Å². The number of ketones is 2. The van der Waals surface area contributed by atoms with Gasteiger partial charge in [0.05, 0.1) is 49.2 Å². The first-order valence-electron chi connectivity index (χ1n) is 17.0. The summed E-state index contributed by atoms with van der Waals surface area (Å²) in [6, 6.07) is 4.80. The summed E-state index contributed by atoms with van der Waals surface area (Å²) in [5, 5.41) is 35.1. The van der Waals surface area contributed by atoms with Gasteiger partial charge in [0.2, 0.25) is 11.7 Å². The fourth-order valence-electron chi connectivity index (χ4n) is 7.47. The number of rotatable bonds is 6. The van der Waals surface area contributed by atoms with Crippen molar-refractivity contribution in [1.82, 2.24) is 19.8 Å². The second-order valence-electron chi connectivity index (χ2n) is 13.2. The van der Waals surface area contributed by atoms with Crippen LogP contribution in [0.5, 0.6) is 17.2 Å². The predicted octanol–water partition coefficient (Wildman–Crippen LogP) is 1.45. The molecule has 2 aliphatic carbocycles. The Balaban J connectivity index is 0.000000234. The normalized spacial score (nSPS) is 24.5. The quantitative estimate of drug-likeness (QED) is 0.180. The minimum atomic E-state index is -0.586. The number of methoxy groups -OCH3 is 2. The Kier molecular flexibility index (Phi) is 10.6. The van der Waals surface area contributed by atoms with Crippen molar-refractivity contribution in [3.8, 4) is 17.2 Å². The van der Waals surface area contributed by atoms with E-state index in [2.05, 4.69) is 15.2 Å². The standard InChI is InChI=1S/C25H24N4O6.C11H21NO4/c1-29-10-16(26)28-17(29)9-27-25(34)11-6-7-12-14(8-11)23(32)19-20(21(12)30)24(33)18-13(22(19)31)4-3-5-15(18)35-2;1-8-11(13)9(3-5-15-8)12-4-6-16-10(7-12)14-2/h3-5,10-11,30,32H,6-9,26H2,1-2H3,(H,27,34);8-11,13H,3-7H2,1-2H3. The molecule has 2 saturated heterocycles. The highest BCUT2D eigenvalue weighted by Crippen LogP contribution is 2.47. The van der Waals surface area contributed by atoms with E-state index in [-0.39, 0.29) is 83.2 Å². The van der Waals surface area contributed by atoms with Gasteiger partial charge in [0, 0.05) is 68.7 Å². The Hall–Kier alpha value is -4.54. The molecule has 6 N–H and O–H groups in total. The Labute approximate surface area is 295 Å². The third-order valence-electron chi connectivity index (χ3n) is 10.3. The lowest BCUT2D eigenvalue weighted by molar-refractivity contribution is -0.190. The maximum atomic E-state index is 13.3. The monoisotopic (exact) mass is 707 g/mol. The Bertz CT molecular complexity index is 1830. The molecule has 0 radical (unpaired) electrons. The number of aromatic nitrogens is 2. The van der Waals surface area contributed by atoms with Crippen LogP contribution in [0.4, 0.5) is 5.82 Å². The fraction of sp³-hybridized carbons (Fsp3) is 0.500. The number of anilines is 1. The van der Waals surface area contributed by atoms with E-state index in [1.165, 1.54) is 13.2 Å². The van der Waals surface area contributed by atoms with Crippen LogP contribution in [0, 0.1) is 5.92 Å². The second-order valence-corrected chi connectivity index (χ2v) is 13.2. The Morgan fingerprint density at radius 2 is 1.80 bits per heavy atom. The average Bonchev–Trinajstić information content (AvgIpc) is 3.47. The van der Waals surface area contributed by atoms with Crippen LogP contribution in [-0.2, 0) is 45.4 Å². The van der Waals surface area contributed by atoms with Gasteiger partial charge in [-0.05, 0) is 38.7 Å². The molecule has 0 bridgehead atoms. The summed E-state index contributed by atoms with van der Waals surface area (Å²) < 4.78 is 23.0. The van der Waals surface area contributed by atoms with Crippen molar-refractivity contribution in [1.29, 1.82) is 0 Å². The number of nitrogen functional groups attached to an aromatic ring is 1. The second kappa shape index (κ2) is 15.0. The first-order chi connectivity index (χ1) is 24.4. The lowest BCUT2D eigenvalue weighted by atomic mass is 9.75. The van der Waals surface area contributed by atoms with Crippen molar-refractivity contribution < 1.29 is 48.7 Å². The van der Waals surface area contributed by atoms with Crippen LogP contribution in [0.2, 0.25) is 0 Å². The summed E-state index contributed by atoms with van der Waals surface area (Å²) in [4.78, 5) is 45.9. The van der Waals surface area contributed by atoms with Gasteiger partial charge in [-0.1, -0.05) is 12.1 Å². The van der Waals surface area contributed by atoms with Crippen molar-refractivity contribution in [2.24, 2.45) is 13.0 Å². The van der Waals surface area contributed by atoms with Gasteiger partial charge in [0.1, 0.15) is 28.9 Å². The number of phenols is 2. The molecule has 2 aromatic carbocycles. The number of nitrogens with one attached hydrogen (secondary N) is 1.